The van der Waals surface area contributed by atoms with E-state index in [9.17, 15) is 4.79 Å². The number of urea groups is 1. The second-order valence-electron chi connectivity index (χ2n) is 11.9. The summed E-state index contributed by atoms with van der Waals surface area (Å²) >= 11 is 0. The molecule has 4 heterocycles. The van der Waals surface area contributed by atoms with Gasteiger partial charge in [-0.15, -0.1) is 0 Å². The zero-order chi connectivity index (χ0) is 35.1. The summed E-state index contributed by atoms with van der Waals surface area (Å²) in [5.41, 5.74) is 16.6. The number of pyridine rings is 2. The van der Waals surface area contributed by atoms with Crippen LogP contribution in [0.4, 0.5) is 27.8 Å². The Balaban J connectivity index is 0.000000195. The van der Waals surface area contributed by atoms with Crippen LogP contribution in [0.3, 0.4) is 0 Å². The zero-order valence-electron chi connectivity index (χ0n) is 29.5. The number of nitrogens with zero attached hydrogens (tertiary/aromatic N) is 8. The van der Waals surface area contributed by atoms with Crippen molar-refractivity contribution in [2.24, 2.45) is 19.8 Å². The number of aromatic nitrogens is 6. The number of carbonyl (C=O) groups is 1. The first-order valence-corrected chi connectivity index (χ1v) is 16.6. The van der Waals surface area contributed by atoms with Gasteiger partial charge in [0, 0.05) is 71.3 Å². The van der Waals surface area contributed by atoms with Crippen molar-refractivity contribution >= 4 is 51.1 Å². The van der Waals surface area contributed by atoms with Crippen LogP contribution in [-0.4, -0.2) is 55.7 Å². The van der Waals surface area contributed by atoms with Crippen LogP contribution in [0.5, 0.6) is 0 Å². The van der Waals surface area contributed by atoms with Crippen molar-refractivity contribution in [2.75, 3.05) is 30.4 Å². The third kappa shape index (κ3) is 7.81. The van der Waals surface area contributed by atoms with Crippen molar-refractivity contribution in [3.05, 3.63) is 95.8 Å². The smallest absolute Gasteiger partial charge is 0.315 e. The number of anilines is 4. The lowest BCUT2D eigenvalue weighted by Crippen LogP contribution is -2.34. The monoisotopic (exact) mass is 661 g/mol. The second kappa shape index (κ2) is 15.6. The van der Waals surface area contributed by atoms with Crippen LogP contribution < -0.4 is 26.2 Å². The molecule has 4 N–H and O–H groups in total. The van der Waals surface area contributed by atoms with E-state index in [2.05, 4.69) is 90.6 Å². The third-order valence-electron chi connectivity index (χ3n) is 8.68. The maximum absolute atomic E-state index is 11.6. The Hall–Kier alpha value is -5.49. The maximum atomic E-state index is 11.6. The number of hydrogen-bond acceptors (Lipinski definition) is 8. The summed E-state index contributed by atoms with van der Waals surface area (Å²) in [5.74, 6) is 1.78. The minimum absolute atomic E-state index is 0.148. The number of imidazole rings is 2. The summed E-state index contributed by atoms with van der Waals surface area (Å²) in [6, 6.07) is 16.6. The summed E-state index contributed by atoms with van der Waals surface area (Å²) in [6.45, 7) is 7.87. The van der Waals surface area contributed by atoms with Gasteiger partial charge >= 0.3 is 6.03 Å². The van der Waals surface area contributed by atoms with Gasteiger partial charge in [0.15, 0.2) is 0 Å². The molecule has 0 aliphatic rings. The van der Waals surface area contributed by atoms with Crippen LogP contribution in [0.1, 0.15) is 43.0 Å². The van der Waals surface area contributed by atoms with Crippen molar-refractivity contribution < 1.29 is 4.79 Å². The Kier molecular flexibility index (Phi) is 11.1. The van der Waals surface area contributed by atoms with E-state index in [0.29, 0.717) is 19.6 Å². The normalized spacial score (nSPS) is 10.9. The molecule has 0 fully saturated rings. The molecule has 4 aromatic heterocycles. The molecular formula is C37H47N11O. The summed E-state index contributed by atoms with van der Waals surface area (Å²) < 4.78 is 4.00. The molecule has 0 spiro atoms. The average molecular weight is 662 g/mol. The Morgan fingerprint density at radius 2 is 1.20 bits per heavy atom. The number of carbonyl (C=O) groups excluding carboxylic acids is 1. The number of aryl methyl sites for hydroxylation is 4. The number of rotatable bonds is 10. The lowest BCUT2D eigenvalue weighted by Gasteiger charge is -2.22. The molecular weight excluding hydrogens is 614 g/mol. The molecule has 2 aromatic carbocycles. The summed E-state index contributed by atoms with van der Waals surface area (Å²) in [7, 11) is 8.03. The van der Waals surface area contributed by atoms with E-state index in [4.69, 9.17) is 5.73 Å². The fourth-order valence-electron chi connectivity index (χ4n) is 5.79. The van der Waals surface area contributed by atoms with Crippen LogP contribution in [0.2, 0.25) is 0 Å². The SMILES string of the molecule is CCNC(=O)NCc1ccc(N(C)c2cc3c(cn2)ncn3C)c(CC)c1.CCc1cc(CN)ccc1N(C)c1cc2c(cn1)ncn2C. The number of nitrogens with one attached hydrogen (secondary N) is 2. The highest BCUT2D eigenvalue weighted by atomic mass is 16.2. The van der Waals surface area contributed by atoms with E-state index < -0.39 is 0 Å². The molecule has 256 valence electrons. The molecule has 6 aromatic rings. The molecule has 0 radical (unpaired) electrons. The predicted molar refractivity (Wildman–Crippen MR) is 199 cm³/mol. The Bertz CT molecular complexity index is 2050. The number of nitrogens with two attached hydrogens (primary N) is 1. The van der Waals surface area contributed by atoms with Crippen molar-refractivity contribution in [3.63, 3.8) is 0 Å². The third-order valence-corrected chi connectivity index (χ3v) is 8.68. The first kappa shape index (κ1) is 34.8. The van der Waals surface area contributed by atoms with Gasteiger partial charge in [-0.05, 0) is 54.2 Å². The van der Waals surface area contributed by atoms with Gasteiger partial charge in [0.1, 0.15) is 22.7 Å². The highest BCUT2D eigenvalue weighted by molar-refractivity contribution is 5.80. The second-order valence-corrected chi connectivity index (χ2v) is 11.9. The predicted octanol–water partition coefficient (Wildman–Crippen LogP) is 5.88. The van der Waals surface area contributed by atoms with E-state index in [0.717, 1.165) is 69.0 Å². The highest BCUT2D eigenvalue weighted by Crippen LogP contribution is 2.30. The lowest BCUT2D eigenvalue weighted by molar-refractivity contribution is 0.241. The van der Waals surface area contributed by atoms with Crippen LogP contribution in [0.15, 0.2) is 73.6 Å². The van der Waals surface area contributed by atoms with E-state index >= 15 is 0 Å². The Morgan fingerprint density at radius 3 is 1.67 bits per heavy atom. The Morgan fingerprint density at radius 1 is 0.714 bits per heavy atom. The molecule has 0 bridgehead atoms. The fourth-order valence-corrected chi connectivity index (χ4v) is 5.79. The summed E-state index contributed by atoms with van der Waals surface area (Å²) in [4.78, 5) is 33.5. The fraction of sp³-hybridized carbons (Fsp3) is 0.324. The highest BCUT2D eigenvalue weighted by Gasteiger charge is 2.14. The van der Waals surface area contributed by atoms with Gasteiger partial charge in [0.25, 0.3) is 0 Å². The molecule has 0 aliphatic heterocycles. The quantitative estimate of drug-likeness (QED) is 0.166. The van der Waals surface area contributed by atoms with Gasteiger partial charge in [-0.2, -0.15) is 0 Å². The number of benzene rings is 2. The molecule has 6 rings (SSSR count). The van der Waals surface area contributed by atoms with Gasteiger partial charge < -0.3 is 35.3 Å². The van der Waals surface area contributed by atoms with Gasteiger partial charge in [0.05, 0.1) is 36.1 Å². The van der Waals surface area contributed by atoms with Gasteiger partial charge in [-0.25, -0.2) is 24.7 Å². The van der Waals surface area contributed by atoms with E-state index in [1.807, 2.05) is 68.9 Å². The van der Waals surface area contributed by atoms with Crippen molar-refractivity contribution in [1.29, 1.82) is 0 Å². The zero-order valence-corrected chi connectivity index (χ0v) is 29.5. The molecule has 0 aliphatic carbocycles. The maximum Gasteiger partial charge on any atom is 0.315 e. The van der Waals surface area contributed by atoms with E-state index in [-0.39, 0.29) is 6.03 Å². The largest absolute Gasteiger partial charge is 0.338 e. The van der Waals surface area contributed by atoms with Crippen LogP contribution >= 0.6 is 0 Å². The molecule has 12 nitrogen and oxygen atoms in total. The van der Waals surface area contributed by atoms with Gasteiger partial charge in [0.2, 0.25) is 0 Å². The van der Waals surface area contributed by atoms with Crippen molar-refractivity contribution in [1.82, 2.24) is 39.7 Å². The average Bonchev–Trinajstić information content (AvgIpc) is 3.70. The minimum Gasteiger partial charge on any atom is -0.338 e. The molecule has 12 heteroatoms. The molecule has 2 amide bonds. The topological polar surface area (TPSA) is 135 Å². The molecule has 49 heavy (non-hydrogen) atoms. The van der Waals surface area contributed by atoms with Crippen LogP contribution in [0, 0.1) is 0 Å². The molecule has 0 unspecified atom stereocenters. The minimum atomic E-state index is -0.148. The first-order chi connectivity index (χ1) is 23.7. The molecule has 0 atom stereocenters. The standard InChI is InChI=1S/C20H26N6O.C17H21N5/c1-5-15-9-14(11-23-20(27)21-6-2)7-8-17(15)26(4)19-10-18-16(12-22-19)24-13-25(18)3;1-4-13-7-12(9-18)5-6-15(13)22(3)17-8-16-14(10-19-17)20-11-21(16)2/h7-10,12-13H,5-6,11H2,1-4H3,(H2,21,23,27);5-8,10-11H,4,9,18H2,1-3H3. The summed E-state index contributed by atoms with van der Waals surface area (Å²) in [5, 5.41) is 5.61. The van der Waals surface area contributed by atoms with Gasteiger partial charge in [-0.3, -0.25) is 0 Å². The van der Waals surface area contributed by atoms with Crippen LogP contribution in [-0.2, 0) is 40.0 Å². The number of fused-ring (bicyclic) bond motifs is 2. The van der Waals surface area contributed by atoms with Crippen molar-refractivity contribution in [2.45, 2.75) is 46.7 Å². The van der Waals surface area contributed by atoms with E-state index in [1.165, 1.54) is 11.1 Å². The van der Waals surface area contributed by atoms with E-state index in [1.54, 1.807) is 12.5 Å². The molecule has 0 saturated carbocycles. The van der Waals surface area contributed by atoms with Gasteiger partial charge in [-0.1, -0.05) is 38.1 Å². The Labute approximate surface area is 288 Å². The van der Waals surface area contributed by atoms with Crippen molar-refractivity contribution in [3.8, 4) is 0 Å². The number of hydrogen-bond donors (Lipinski definition) is 3. The van der Waals surface area contributed by atoms with Crippen LogP contribution in [0.25, 0.3) is 22.1 Å². The first-order valence-electron chi connectivity index (χ1n) is 16.6. The molecule has 0 saturated heterocycles. The lowest BCUT2D eigenvalue weighted by atomic mass is 10.1. The number of amides is 2. The summed E-state index contributed by atoms with van der Waals surface area (Å²) in [6.07, 6.45) is 9.08.